The van der Waals surface area contributed by atoms with Gasteiger partial charge in [0.15, 0.2) is 0 Å². The molecule has 0 bridgehead atoms. The van der Waals surface area contributed by atoms with Crippen LogP contribution in [-0.2, 0) is 0 Å². The molecule has 0 unspecified atom stereocenters. The third-order valence-electron chi connectivity index (χ3n) is 0.354. The van der Waals surface area contributed by atoms with Gasteiger partial charge in [0.05, 0.1) is 0 Å². The molecule has 0 atom stereocenters. The minimum Gasteiger partial charge on any atom is -0.313 e. The molecule has 0 saturated carbocycles. The molecule has 1 nitrogen and oxygen atoms in total. The summed E-state index contributed by atoms with van der Waals surface area (Å²) >= 11 is 0. The normalized spacial score (nSPS) is 7.40. The lowest BCUT2D eigenvalue weighted by Gasteiger charge is -1.70. The van der Waals surface area contributed by atoms with Crippen molar-refractivity contribution < 1.29 is 0 Å². The van der Waals surface area contributed by atoms with Crippen LogP contribution in [0, 0.1) is 11.8 Å². The zero-order valence-corrected chi connectivity index (χ0v) is 3.36. The summed E-state index contributed by atoms with van der Waals surface area (Å²) < 4.78 is 0. The van der Waals surface area contributed by atoms with E-state index in [1.165, 1.54) is 6.21 Å². The van der Waals surface area contributed by atoms with E-state index in [9.17, 15) is 0 Å². The standard InChI is InChI=1S/C4H8N/c1-2-3-4-5/h2,4-5H,3H2,1H3. The Morgan fingerprint density at radius 3 is 2.40 bits per heavy atom. The Bertz CT molecular complexity index is 24.8. The molecule has 0 heterocycles. The van der Waals surface area contributed by atoms with Gasteiger partial charge in [0.2, 0.25) is 0 Å². The van der Waals surface area contributed by atoms with Gasteiger partial charge in [-0.25, -0.2) is 0 Å². The molecule has 0 aliphatic carbocycles. The first-order valence-electron chi connectivity index (χ1n) is 1.68. The SMILES string of the molecule is C[CH]CC=N. The highest BCUT2D eigenvalue weighted by Crippen LogP contribution is 1.73. The average Bonchev–Trinajstić information content (AvgIpc) is 1.41. The van der Waals surface area contributed by atoms with Gasteiger partial charge in [0, 0.05) is 0 Å². The minimum atomic E-state index is 0.806. The lowest BCUT2D eigenvalue weighted by molar-refractivity contribution is 1.27. The van der Waals surface area contributed by atoms with Crippen molar-refractivity contribution in [3.8, 4) is 0 Å². The average molecular weight is 70.1 g/mol. The van der Waals surface area contributed by atoms with E-state index < -0.39 is 0 Å². The number of rotatable bonds is 2. The van der Waals surface area contributed by atoms with E-state index in [4.69, 9.17) is 5.41 Å². The molecule has 0 aromatic rings. The topological polar surface area (TPSA) is 23.9 Å². The van der Waals surface area contributed by atoms with Gasteiger partial charge in [-0.3, -0.25) is 0 Å². The smallest absolute Gasteiger partial charge is 0.00450 e. The van der Waals surface area contributed by atoms with Crippen molar-refractivity contribution in [2.45, 2.75) is 13.3 Å². The summed E-state index contributed by atoms with van der Waals surface area (Å²) in [5, 5.41) is 6.45. The van der Waals surface area contributed by atoms with Crippen LogP contribution in [0.3, 0.4) is 0 Å². The third kappa shape index (κ3) is 3.67. The van der Waals surface area contributed by atoms with Crippen LogP contribution in [0.5, 0.6) is 0 Å². The van der Waals surface area contributed by atoms with E-state index in [1.54, 1.807) is 0 Å². The zero-order valence-electron chi connectivity index (χ0n) is 3.36. The highest BCUT2D eigenvalue weighted by atomic mass is 14.3. The van der Waals surface area contributed by atoms with Gasteiger partial charge in [0.1, 0.15) is 0 Å². The first-order chi connectivity index (χ1) is 2.41. The molecule has 1 heteroatoms. The van der Waals surface area contributed by atoms with E-state index >= 15 is 0 Å². The molecule has 1 N–H and O–H groups in total. The van der Waals surface area contributed by atoms with Crippen molar-refractivity contribution in [1.29, 1.82) is 5.41 Å². The number of hydrogen-bond donors (Lipinski definition) is 1. The predicted octanol–water partition coefficient (Wildman–Crippen LogP) is 1.25. The summed E-state index contributed by atoms with van der Waals surface area (Å²) in [5.41, 5.74) is 0. The number of nitrogens with one attached hydrogen (secondary N) is 1. The van der Waals surface area contributed by atoms with Gasteiger partial charge in [-0.05, 0) is 19.1 Å². The first kappa shape index (κ1) is 4.67. The van der Waals surface area contributed by atoms with Crippen LogP contribution in [0.2, 0.25) is 0 Å². The third-order valence-corrected chi connectivity index (χ3v) is 0.354. The van der Waals surface area contributed by atoms with Crippen molar-refractivity contribution in [2.24, 2.45) is 0 Å². The van der Waals surface area contributed by atoms with Gasteiger partial charge in [-0.2, -0.15) is 0 Å². The van der Waals surface area contributed by atoms with Crippen molar-refractivity contribution in [3.63, 3.8) is 0 Å². The van der Waals surface area contributed by atoms with Gasteiger partial charge >= 0.3 is 0 Å². The quantitative estimate of drug-likeness (QED) is 0.473. The van der Waals surface area contributed by atoms with Crippen molar-refractivity contribution in [2.75, 3.05) is 0 Å². The molecule has 0 aromatic heterocycles. The number of hydrogen-bond acceptors (Lipinski definition) is 1. The van der Waals surface area contributed by atoms with Gasteiger partial charge in [0.25, 0.3) is 0 Å². The first-order valence-corrected chi connectivity index (χ1v) is 1.68. The Balaban J connectivity index is 2.40. The van der Waals surface area contributed by atoms with E-state index in [2.05, 4.69) is 0 Å². The summed E-state index contributed by atoms with van der Waals surface area (Å²) in [5.74, 6) is 0. The Labute approximate surface area is 32.5 Å². The summed E-state index contributed by atoms with van der Waals surface area (Å²) in [6.45, 7) is 1.94. The van der Waals surface area contributed by atoms with E-state index in [-0.39, 0.29) is 0 Å². The fourth-order valence-corrected chi connectivity index (χ4v) is 0.118. The Hall–Kier alpha value is -0.330. The molecule has 0 amide bonds. The monoisotopic (exact) mass is 70.1 g/mol. The van der Waals surface area contributed by atoms with Crippen LogP contribution < -0.4 is 0 Å². The molecular formula is C4H8N. The fourth-order valence-electron chi connectivity index (χ4n) is 0.118. The summed E-state index contributed by atoms with van der Waals surface area (Å²) in [6.07, 6.45) is 4.12. The van der Waals surface area contributed by atoms with Crippen LogP contribution in [0.15, 0.2) is 0 Å². The van der Waals surface area contributed by atoms with Gasteiger partial charge in [-0.1, -0.05) is 6.92 Å². The molecule has 1 radical (unpaired) electrons. The van der Waals surface area contributed by atoms with Crippen LogP contribution in [0.1, 0.15) is 13.3 Å². The molecular weight excluding hydrogens is 62.1 g/mol. The lowest BCUT2D eigenvalue weighted by Crippen LogP contribution is -1.64. The predicted molar refractivity (Wildman–Crippen MR) is 23.4 cm³/mol. The number of unbranched alkanes of at least 4 members (excludes halogenated alkanes) is 1. The fraction of sp³-hybridized carbons (Fsp3) is 0.500. The van der Waals surface area contributed by atoms with Crippen LogP contribution in [-0.4, -0.2) is 6.21 Å². The molecule has 0 spiro atoms. The highest BCUT2D eigenvalue weighted by molar-refractivity contribution is 5.54. The van der Waals surface area contributed by atoms with Gasteiger partial charge < -0.3 is 5.41 Å². The Morgan fingerprint density at radius 1 is 1.80 bits per heavy atom. The molecule has 0 saturated heterocycles. The molecule has 0 aromatic carbocycles. The maximum Gasteiger partial charge on any atom is -0.00450 e. The van der Waals surface area contributed by atoms with Crippen LogP contribution in [0.25, 0.3) is 0 Å². The summed E-state index contributed by atoms with van der Waals surface area (Å²) in [6, 6.07) is 0. The minimum absolute atomic E-state index is 0.806. The zero-order chi connectivity index (χ0) is 4.12. The highest BCUT2D eigenvalue weighted by Gasteiger charge is 1.64. The maximum atomic E-state index is 6.45. The second kappa shape index (κ2) is 3.67. The van der Waals surface area contributed by atoms with Crippen molar-refractivity contribution >= 4 is 6.21 Å². The van der Waals surface area contributed by atoms with E-state index in [0.717, 1.165) is 6.42 Å². The van der Waals surface area contributed by atoms with E-state index in [0.29, 0.717) is 0 Å². The molecule has 0 fully saturated rings. The molecule has 0 aliphatic rings. The maximum absolute atomic E-state index is 6.45. The molecule has 5 heavy (non-hydrogen) atoms. The van der Waals surface area contributed by atoms with Crippen molar-refractivity contribution in [1.82, 2.24) is 0 Å². The van der Waals surface area contributed by atoms with Crippen LogP contribution in [0.4, 0.5) is 0 Å². The van der Waals surface area contributed by atoms with E-state index in [1.807, 2.05) is 13.3 Å². The largest absolute Gasteiger partial charge is 0.313 e. The van der Waals surface area contributed by atoms with Crippen LogP contribution >= 0.6 is 0 Å². The molecule has 0 rings (SSSR count). The second-order valence-electron chi connectivity index (χ2n) is 0.848. The molecule has 0 aliphatic heterocycles. The summed E-state index contributed by atoms with van der Waals surface area (Å²) in [7, 11) is 0. The second-order valence-corrected chi connectivity index (χ2v) is 0.848. The van der Waals surface area contributed by atoms with Crippen molar-refractivity contribution in [3.05, 3.63) is 6.42 Å². The van der Waals surface area contributed by atoms with Gasteiger partial charge in [-0.15, -0.1) is 0 Å². The Morgan fingerprint density at radius 2 is 2.40 bits per heavy atom. The lowest BCUT2D eigenvalue weighted by atomic mass is 10.4. The Kier molecular flexibility index (Phi) is 3.43. The summed E-state index contributed by atoms with van der Waals surface area (Å²) in [4.78, 5) is 0. The molecule has 29 valence electrons.